The van der Waals surface area contributed by atoms with Gasteiger partial charge in [-0.25, -0.2) is 0 Å². The van der Waals surface area contributed by atoms with Crippen LogP contribution < -0.4 is 69.3 Å². The van der Waals surface area contributed by atoms with Gasteiger partial charge in [-0.2, -0.15) is 0 Å². The van der Waals surface area contributed by atoms with Gasteiger partial charge < -0.3 is 34.7 Å². The summed E-state index contributed by atoms with van der Waals surface area (Å²) in [5.41, 5.74) is 0. The normalized spacial score (nSPS) is 38.1. The number of carboxylic acids is 1. The van der Waals surface area contributed by atoms with Crippen molar-refractivity contribution in [2.45, 2.75) is 30.7 Å². The number of aliphatic hydroxyl groups excluding tert-OH is 2. The van der Waals surface area contributed by atoms with Crippen molar-refractivity contribution in [1.82, 2.24) is 0 Å². The predicted molar refractivity (Wildman–Crippen MR) is 36.5 cm³/mol. The summed E-state index contributed by atoms with van der Waals surface area (Å²) in [4.78, 5) is 10.4. The summed E-state index contributed by atoms with van der Waals surface area (Å²) < 4.78 is 8.93. The molecule has 0 radical (unpaired) electrons. The summed E-state index contributed by atoms with van der Waals surface area (Å²) in [6, 6.07) is 0. The molecule has 7 nitrogen and oxygen atoms in total. The van der Waals surface area contributed by atoms with Crippen molar-refractivity contribution in [3.63, 3.8) is 0 Å². The maximum Gasteiger partial charge on any atom is 1.00 e. The molecule has 1 fully saturated rings. The van der Waals surface area contributed by atoms with E-state index in [0.29, 0.717) is 0 Å². The molecule has 1 aliphatic heterocycles. The molecule has 0 aromatic rings. The second-order valence-corrected chi connectivity index (χ2v) is 2.93. The minimum Gasteiger partial charge on any atom is -0.829 e. The van der Waals surface area contributed by atoms with Crippen LogP contribution in [-0.4, -0.2) is 54.0 Å². The molecule has 0 spiro atoms. The van der Waals surface area contributed by atoms with Gasteiger partial charge >= 0.3 is 59.1 Å². The summed E-state index contributed by atoms with van der Waals surface area (Å²) in [7, 11) is 1.15. The van der Waals surface area contributed by atoms with E-state index in [1.807, 2.05) is 0 Å². The van der Waals surface area contributed by atoms with Gasteiger partial charge in [0.2, 0.25) is 0 Å². The number of carbonyl (C=O) groups is 1. The molecule has 0 aromatic heterocycles. The third-order valence-electron chi connectivity index (χ3n) is 2.05. The van der Waals surface area contributed by atoms with Crippen LogP contribution in [-0.2, 0) is 14.3 Å². The first-order chi connectivity index (χ1) is 6.49. The van der Waals surface area contributed by atoms with E-state index in [4.69, 9.17) is 0 Å². The van der Waals surface area contributed by atoms with Crippen molar-refractivity contribution in [2.75, 3.05) is 7.11 Å². The number of aliphatic carboxylic acids is 1. The number of methoxy groups -OCH3 is 1. The zero-order chi connectivity index (χ0) is 10.9. The van der Waals surface area contributed by atoms with Gasteiger partial charge in [0, 0.05) is 13.4 Å². The quantitative estimate of drug-likeness (QED) is 0.468. The topological polar surface area (TPSA) is 122 Å². The summed E-state index contributed by atoms with van der Waals surface area (Å²) in [5, 5.41) is 39.9. The van der Waals surface area contributed by atoms with Crippen molar-refractivity contribution in [3.05, 3.63) is 0 Å². The number of carboxylic acid groups (broad SMARTS) is 1. The largest absolute Gasteiger partial charge is 1.00 e. The summed E-state index contributed by atoms with van der Waals surface area (Å²) in [6.07, 6.45) is -8.30. The predicted octanol–water partition coefficient (Wildman–Crippen LogP) is -10.4. The molecule has 0 bridgehead atoms. The van der Waals surface area contributed by atoms with Crippen LogP contribution in [0.3, 0.4) is 0 Å². The molecule has 0 amide bonds. The van der Waals surface area contributed by atoms with Crippen LogP contribution in [0.2, 0.25) is 0 Å². The first-order valence-electron chi connectivity index (χ1n) is 3.90. The monoisotopic (exact) mass is 252 g/mol. The fraction of sp³-hybridized carbons (Fsp3) is 0.857. The van der Waals surface area contributed by atoms with Gasteiger partial charge in [-0.15, -0.1) is 0 Å². The van der Waals surface area contributed by atoms with E-state index in [0.717, 1.165) is 7.11 Å². The van der Waals surface area contributed by atoms with Crippen molar-refractivity contribution >= 4 is 5.97 Å². The molecule has 5 atom stereocenters. The first kappa shape index (κ1) is 19.6. The Hall–Kier alpha value is 1.27. The number of carbonyl (C=O) groups excluding carboxylic acids is 1. The molecular weight excluding hydrogens is 242 g/mol. The van der Waals surface area contributed by atoms with Gasteiger partial charge in [-0.1, -0.05) is 0 Å². The molecule has 1 rings (SSSR count). The van der Waals surface area contributed by atoms with Crippen LogP contribution in [0.25, 0.3) is 0 Å². The summed E-state index contributed by atoms with van der Waals surface area (Å²) in [6.45, 7) is 0. The average molecular weight is 252 g/mol. The molecular formula is C7H10Na2O7. The first-order valence-corrected chi connectivity index (χ1v) is 3.90. The van der Waals surface area contributed by atoms with Crippen molar-refractivity contribution in [3.8, 4) is 0 Å². The van der Waals surface area contributed by atoms with E-state index in [-0.39, 0.29) is 59.1 Å². The van der Waals surface area contributed by atoms with Crippen LogP contribution in [0.4, 0.5) is 0 Å². The van der Waals surface area contributed by atoms with Gasteiger partial charge in [0.05, 0.1) is 12.1 Å². The standard InChI is InChI=1S/C7H11O7.2Na/c1-13-5-3(9)2(8)4(6(10)11)14-7(5)12;;/h2-5,7-9H,1H3,(H,10,11);;/q-1;2*+1/p-1/t2-,3-,4-,5+,7-;;/m0../s1. The van der Waals surface area contributed by atoms with Crippen LogP contribution in [0.1, 0.15) is 0 Å². The van der Waals surface area contributed by atoms with E-state index in [2.05, 4.69) is 9.47 Å². The van der Waals surface area contributed by atoms with Gasteiger partial charge in [0.1, 0.15) is 18.3 Å². The van der Waals surface area contributed by atoms with Crippen LogP contribution >= 0.6 is 0 Å². The Balaban J connectivity index is 0. The average Bonchev–Trinajstić information content (AvgIpc) is 2.12. The fourth-order valence-corrected chi connectivity index (χ4v) is 1.28. The Morgan fingerprint density at radius 3 is 2.19 bits per heavy atom. The Bertz CT molecular complexity index is 227. The molecule has 0 aromatic carbocycles. The van der Waals surface area contributed by atoms with E-state index in [1.165, 1.54) is 0 Å². The van der Waals surface area contributed by atoms with Crippen molar-refractivity contribution in [2.24, 2.45) is 0 Å². The summed E-state index contributed by atoms with van der Waals surface area (Å²) in [5.74, 6) is -1.74. The van der Waals surface area contributed by atoms with Gasteiger partial charge in [-0.05, 0) is 0 Å². The molecule has 1 saturated heterocycles. The Morgan fingerprint density at radius 2 is 1.81 bits per heavy atom. The molecule has 2 N–H and O–H groups in total. The van der Waals surface area contributed by atoms with Crippen LogP contribution in [0, 0.1) is 0 Å². The van der Waals surface area contributed by atoms with E-state index in [9.17, 15) is 25.2 Å². The maximum atomic E-state index is 11.1. The fourth-order valence-electron chi connectivity index (χ4n) is 1.28. The molecule has 0 unspecified atom stereocenters. The van der Waals surface area contributed by atoms with Gasteiger partial charge in [0.15, 0.2) is 0 Å². The maximum absolute atomic E-state index is 11.1. The van der Waals surface area contributed by atoms with Gasteiger partial charge in [0.25, 0.3) is 0 Å². The van der Waals surface area contributed by atoms with Crippen LogP contribution in [0.15, 0.2) is 0 Å². The summed E-state index contributed by atoms with van der Waals surface area (Å²) >= 11 is 0. The molecule has 9 heteroatoms. The number of hydrogen-bond donors (Lipinski definition) is 2. The minimum absolute atomic E-state index is 0. The Labute approximate surface area is 136 Å². The third kappa shape index (κ3) is 4.18. The second-order valence-electron chi connectivity index (χ2n) is 2.93. The molecule has 0 aliphatic carbocycles. The van der Waals surface area contributed by atoms with Crippen LogP contribution in [0.5, 0.6) is 0 Å². The zero-order valence-electron chi connectivity index (χ0n) is 9.32. The second kappa shape index (κ2) is 8.39. The van der Waals surface area contributed by atoms with E-state index < -0.39 is 36.7 Å². The zero-order valence-corrected chi connectivity index (χ0v) is 13.3. The van der Waals surface area contributed by atoms with Gasteiger partial charge in [-0.3, -0.25) is 0 Å². The van der Waals surface area contributed by atoms with E-state index >= 15 is 0 Å². The molecule has 1 aliphatic rings. The van der Waals surface area contributed by atoms with E-state index in [1.54, 1.807) is 0 Å². The third-order valence-corrected chi connectivity index (χ3v) is 2.05. The number of aliphatic hydroxyl groups is 2. The van der Waals surface area contributed by atoms with Crippen molar-refractivity contribution < 1.29 is 93.8 Å². The SMILES string of the molecule is CO[C@@H]1[C@@H](O)[C@H](O)[C@@H](C(=O)[O-])O[C@@H]1[O-].[Na+].[Na+]. The Morgan fingerprint density at radius 1 is 1.31 bits per heavy atom. The molecule has 82 valence electrons. The Kier molecular flexibility index (Phi) is 10.3. The number of hydrogen-bond acceptors (Lipinski definition) is 7. The number of rotatable bonds is 2. The number of ether oxygens (including phenoxy) is 2. The molecule has 1 heterocycles. The smallest absolute Gasteiger partial charge is 0.829 e. The molecule has 16 heavy (non-hydrogen) atoms. The molecule has 0 saturated carbocycles. The van der Waals surface area contributed by atoms with Crippen molar-refractivity contribution in [1.29, 1.82) is 0 Å². The minimum atomic E-state index is -1.86.